The summed E-state index contributed by atoms with van der Waals surface area (Å²) in [5.41, 5.74) is 4.80. The van der Waals surface area contributed by atoms with Gasteiger partial charge in [0, 0.05) is 12.2 Å². The van der Waals surface area contributed by atoms with Crippen molar-refractivity contribution in [1.29, 1.82) is 0 Å². The van der Waals surface area contributed by atoms with Gasteiger partial charge in [-0.05, 0) is 44.9 Å². The number of rotatable bonds is 16. The minimum Gasteiger partial charge on any atom is -0.275 e. The molecule has 0 atom stereocenters. The summed E-state index contributed by atoms with van der Waals surface area (Å²) in [5, 5.41) is 2.14. The van der Waals surface area contributed by atoms with E-state index in [2.05, 4.69) is 24.5 Å². The van der Waals surface area contributed by atoms with Crippen molar-refractivity contribution in [2.24, 2.45) is 23.4 Å². The molecule has 0 saturated heterocycles. The van der Waals surface area contributed by atoms with Crippen molar-refractivity contribution in [2.45, 2.75) is 84.0 Å². The summed E-state index contributed by atoms with van der Waals surface area (Å²) in [5.74, 6) is 21.6. The summed E-state index contributed by atoms with van der Waals surface area (Å²) in [7, 11) is 0. The SMILES string of the molecule is CCCCCCC=CCCC(=CCCCCCCN(N)C(=O)NN)N(N)C(=O)NN. The third-order valence-electron chi connectivity index (χ3n) is 4.73. The number of urea groups is 2. The number of hydrogen-bond acceptors (Lipinski definition) is 6. The summed E-state index contributed by atoms with van der Waals surface area (Å²) in [6.45, 7) is 2.65. The molecule has 0 heterocycles. The highest BCUT2D eigenvalue weighted by Crippen LogP contribution is 2.13. The van der Waals surface area contributed by atoms with E-state index in [0.29, 0.717) is 13.0 Å². The molecule has 0 aliphatic rings. The Morgan fingerprint density at radius 1 is 0.800 bits per heavy atom. The Balaban J connectivity index is 4.27. The van der Waals surface area contributed by atoms with Crippen LogP contribution in [-0.4, -0.2) is 28.6 Å². The van der Waals surface area contributed by atoms with Gasteiger partial charge in [-0.15, -0.1) is 0 Å². The molecule has 174 valence electrons. The number of nitrogens with zero attached hydrogens (tertiary/aromatic N) is 2. The number of nitrogens with two attached hydrogens (primary N) is 4. The maximum Gasteiger partial charge on any atom is 0.350 e. The summed E-state index contributed by atoms with van der Waals surface area (Å²) >= 11 is 0. The van der Waals surface area contributed by atoms with Crippen LogP contribution in [0.5, 0.6) is 0 Å². The van der Waals surface area contributed by atoms with Gasteiger partial charge in [0.25, 0.3) is 0 Å². The lowest BCUT2D eigenvalue weighted by molar-refractivity contribution is 0.198. The molecule has 0 aromatic carbocycles. The van der Waals surface area contributed by atoms with Crippen LogP contribution in [0.3, 0.4) is 0 Å². The van der Waals surface area contributed by atoms with Crippen molar-refractivity contribution < 1.29 is 9.59 Å². The van der Waals surface area contributed by atoms with Crippen LogP contribution in [0.4, 0.5) is 9.59 Å². The highest BCUT2D eigenvalue weighted by Gasteiger charge is 2.12. The molecule has 0 saturated carbocycles. The second-order valence-electron chi connectivity index (χ2n) is 7.22. The minimum atomic E-state index is -0.536. The normalized spacial score (nSPS) is 11.6. The van der Waals surface area contributed by atoms with Gasteiger partial charge in [-0.3, -0.25) is 15.9 Å². The van der Waals surface area contributed by atoms with Crippen LogP contribution < -0.4 is 34.2 Å². The van der Waals surface area contributed by atoms with Crippen LogP contribution in [0.2, 0.25) is 0 Å². The molecule has 0 aliphatic carbocycles. The average Bonchev–Trinajstić information content (AvgIpc) is 2.76. The molecule has 0 radical (unpaired) electrons. The van der Waals surface area contributed by atoms with E-state index in [-0.39, 0.29) is 0 Å². The monoisotopic (exact) mass is 426 g/mol. The number of hydrazine groups is 4. The van der Waals surface area contributed by atoms with Gasteiger partial charge in [-0.25, -0.2) is 38.0 Å². The zero-order chi connectivity index (χ0) is 22.6. The Morgan fingerprint density at radius 2 is 1.40 bits per heavy atom. The molecule has 4 amide bonds. The van der Waals surface area contributed by atoms with Crippen LogP contribution >= 0.6 is 0 Å². The third kappa shape index (κ3) is 13.9. The average molecular weight is 427 g/mol. The molecule has 10 nitrogen and oxygen atoms in total. The number of hydrogen-bond donors (Lipinski definition) is 6. The lowest BCUT2D eigenvalue weighted by Gasteiger charge is -2.19. The molecule has 10 N–H and O–H groups in total. The number of nitrogens with one attached hydrogen (secondary N) is 2. The molecule has 0 rings (SSSR count). The lowest BCUT2D eigenvalue weighted by atomic mass is 10.1. The lowest BCUT2D eigenvalue weighted by Crippen LogP contribution is -2.47. The van der Waals surface area contributed by atoms with E-state index in [4.69, 9.17) is 23.4 Å². The predicted molar refractivity (Wildman–Crippen MR) is 121 cm³/mol. The second kappa shape index (κ2) is 18.9. The Hall–Kier alpha value is -2.14. The zero-order valence-electron chi connectivity index (χ0n) is 18.4. The van der Waals surface area contributed by atoms with Gasteiger partial charge < -0.3 is 0 Å². The van der Waals surface area contributed by atoms with Gasteiger partial charge in [0.1, 0.15) is 0 Å². The third-order valence-corrected chi connectivity index (χ3v) is 4.73. The highest BCUT2D eigenvalue weighted by molar-refractivity contribution is 5.74. The van der Waals surface area contributed by atoms with Gasteiger partial charge >= 0.3 is 12.1 Å². The second-order valence-corrected chi connectivity index (χ2v) is 7.22. The van der Waals surface area contributed by atoms with Crippen molar-refractivity contribution in [2.75, 3.05) is 6.54 Å². The van der Waals surface area contributed by atoms with Crippen molar-refractivity contribution in [3.63, 3.8) is 0 Å². The number of amides is 4. The molecule has 0 aromatic heterocycles. The molecule has 30 heavy (non-hydrogen) atoms. The molecular formula is C20H42N8O2. The first-order chi connectivity index (χ1) is 14.5. The molecule has 0 aliphatic heterocycles. The smallest absolute Gasteiger partial charge is 0.275 e. The van der Waals surface area contributed by atoms with Gasteiger partial charge in [0.15, 0.2) is 0 Å². The van der Waals surface area contributed by atoms with E-state index < -0.39 is 12.1 Å². The molecular weight excluding hydrogens is 384 g/mol. The van der Waals surface area contributed by atoms with Crippen LogP contribution in [0.1, 0.15) is 84.0 Å². The van der Waals surface area contributed by atoms with Gasteiger partial charge in [-0.2, -0.15) is 0 Å². The molecule has 10 heteroatoms. The summed E-state index contributed by atoms with van der Waals surface area (Å²) in [4.78, 5) is 22.9. The fourth-order valence-electron chi connectivity index (χ4n) is 2.91. The summed E-state index contributed by atoms with van der Waals surface area (Å²) in [6, 6.07) is -1.04. The quantitative estimate of drug-likeness (QED) is 0.0728. The van der Waals surface area contributed by atoms with Crippen LogP contribution in [0.25, 0.3) is 0 Å². The molecule has 0 unspecified atom stereocenters. The van der Waals surface area contributed by atoms with E-state index in [1.54, 1.807) is 0 Å². The molecule has 0 aromatic rings. The topological polar surface area (TPSA) is 169 Å². The predicted octanol–water partition coefficient (Wildman–Crippen LogP) is 2.65. The van der Waals surface area contributed by atoms with E-state index >= 15 is 0 Å². The van der Waals surface area contributed by atoms with Crippen molar-refractivity contribution >= 4 is 12.1 Å². The number of allylic oxidation sites excluding steroid dienone is 4. The van der Waals surface area contributed by atoms with Gasteiger partial charge in [0.2, 0.25) is 0 Å². The van der Waals surface area contributed by atoms with Crippen molar-refractivity contribution in [3.8, 4) is 0 Å². The maximum absolute atomic E-state index is 11.8. The zero-order valence-corrected chi connectivity index (χ0v) is 18.4. The Labute approximate surface area is 180 Å². The number of unbranched alkanes of at least 4 members (excludes halogenated alkanes) is 8. The largest absolute Gasteiger partial charge is 0.350 e. The van der Waals surface area contributed by atoms with E-state index in [0.717, 1.165) is 60.7 Å². The first-order valence-corrected chi connectivity index (χ1v) is 10.9. The Morgan fingerprint density at radius 3 is 2.07 bits per heavy atom. The fraction of sp³-hybridized carbons (Fsp3) is 0.700. The minimum absolute atomic E-state index is 0.447. The standard InChI is InChI=1S/C20H42N8O2/c1-2-3-4-5-6-7-9-12-15-18(28(24)20(30)26-22)16-13-10-8-11-14-17-27(23)19(29)25-21/h7,9,16H,2-6,8,10-15,17,21-24H2,1H3,(H,25,29)(H,26,30). The molecule has 0 bridgehead atoms. The first kappa shape index (κ1) is 27.9. The van der Waals surface area contributed by atoms with Gasteiger partial charge in [-0.1, -0.05) is 57.3 Å². The summed E-state index contributed by atoms with van der Waals surface area (Å²) in [6.07, 6.45) is 18.4. The van der Waals surface area contributed by atoms with Crippen LogP contribution in [0.15, 0.2) is 23.9 Å². The van der Waals surface area contributed by atoms with Gasteiger partial charge in [0.05, 0.1) is 0 Å². The van der Waals surface area contributed by atoms with E-state index in [1.807, 2.05) is 11.5 Å². The van der Waals surface area contributed by atoms with Crippen LogP contribution in [0, 0.1) is 0 Å². The van der Waals surface area contributed by atoms with Crippen LogP contribution in [-0.2, 0) is 0 Å². The van der Waals surface area contributed by atoms with Crippen molar-refractivity contribution in [3.05, 3.63) is 23.9 Å². The number of carbonyl (C=O) groups excluding carboxylic acids is 2. The molecule has 0 spiro atoms. The molecule has 0 fully saturated rings. The number of carbonyl (C=O) groups is 2. The highest BCUT2D eigenvalue weighted by atomic mass is 16.2. The van der Waals surface area contributed by atoms with E-state index in [1.165, 1.54) is 25.7 Å². The van der Waals surface area contributed by atoms with Crippen molar-refractivity contribution in [1.82, 2.24) is 20.9 Å². The fourth-order valence-corrected chi connectivity index (χ4v) is 2.91. The Kier molecular flexibility index (Phi) is 17.5. The maximum atomic E-state index is 11.8. The summed E-state index contributed by atoms with van der Waals surface area (Å²) < 4.78 is 0. The Bertz CT molecular complexity index is 525. The van der Waals surface area contributed by atoms with E-state index in [9.17, 15) is 9.59 Å². The first-order valence-electron chi connectivity index (χ1n) is 10.9.